The van der Waals surface area contributed by atoms with E-state index in [4.69, 9.17) is 10.00 Å². The lowest BCUT2D eigenvalue weighted by molar-refractivity contribution is 0.171. The lowest BCUT2D eigenvalue weighted by atomic mass is 9.86. The van der Waals surface area contributed by atoms with Gasteiger partial charge in [0, 0.05) is 24.1 Å². The van der Waals surface area contributed by atoms with E-state index in [0.29, 0.717) is 13.2 Å². The van der Waals surface area contributed by atoms with Crippen LogP contribution in [0.15, 0.2) is 5.38 Å². The first-order valence-corrected chi connectivity index (χ1v) is 5.52. The highest BCUT2D eigenvalue weighted by Gasteiger charge is 2.36. The van der Waals surface area contributed by atoms with Gasteiger partial charge in [-0.1, -0.05) is 0 Å². The van der Waals surface area contributed by atoms with Gasteiger partial charge in [0.1, 0.15) is 0 Å². The Morgan fingerprint density at radius 3 is 3.14 bits per heavy atom. The summed E-state index contributed by atoms with van der Waals surface area (Å²) in [5.74, 6) is 0. The minimum Gasteiger partial charge on any atom is -0.380 e. The van der Waals surface area contributed by atoms with Gasteiger partial charge in [-0.2, -0.15) is 5.26 Å². The van der Waals surface area contributed by atoms with Gasteiger partial charge < -0.3 is 4.74 Å². The molecule has 0 aromatic carbocycles. The van der Waals surface area contributed by atoms with Crippen molar-refractivity contribution in [3.8, 4) is 6.07 Å². The summed E-state index contributed by atoms with van der Waals surface area (Å²) >= 11 is 1.63. The van der Waals surface area contributed by atoms with Crippen LogP contribution < -0.4 is 0 Å². The second-order valence-electron chi connectivity index (χ2n) is 3.75. The molecule has 2 rings (SSSR count). The van der Waals surface area contributed by atoms with E-state index in [0.717, 1.165) is 23.5 Å². The van der Waals surface area contributed by atoms with Crippen LogP contribution in [0, 0.1) is 23.7 Å². The molecule has 0 amide bonds. The highest BCUT2D eigenvalue weighted by molar-refractivity contribution is 7.09. The van der Waals surface area contributed by atoms with E-state index >= 15 is 0 Å². The van der Waals surface area contributed by atoms with Crippen molar-refractivity contribution in [1.82, 2.24) is 4.98 Å². The molecular weight excluding hydrogens is 196 g/mol. The van der Waals surface area contributed by atoms with Crippen molar-refractivity contribution in [1.29, 1.82) is 5.26 Å². The summed E-state index contributed by atoms with van der Waals surface area (Å²) in [6.07, 6.45) is 1.57. The zero-order valence-corrected chi connectivity index (χ0v) is 8.93. The molecule has 1 saturated heterocycles. The van der Waals surface area contributed by atoms with Gasteiger partial charge in [0.2, 0.25) is 0 Å². The zero-order valence-electron chi connectivity index (χ0n) is 8.12. The number of thiazole rings is 1. The summed E-state index contributed by atoms with van der Waals surface area (Å²) in [7, 11) is 0. The van der Waals surface area contributed by atoms with Gasteiger partial charge in [0.15, 0.2) is 0 Å². The van der Waals surface area contributed by atoms with Gasteiger partial charge in [-0.05, 0) is 13.3 Å². The van der Waals surface area contributed by atoms with Crippen LogP contribution in [0.2, 0.25) is 0 Å². The fourth-order valence-corrected chi connectivity index (χ4v) is 2.56. The molecule has 1 fully saturated rings. The predicted octanol–water partition coefficient (Wildman–Crippen LogP) is 1.92. The Morgan fingerprint density at radius 1 is 1.79 bits per heavy atom. The molecule has 0 saturated carbocycles. The van der Waals surface area contributed by atoms with Crippen molar-refractivity contribution < 1.29 is 4.74 Å². The fourth-order valence-electron chi connectivity index (χ4n) is 1.65. The summed E-state index contributed by atoms with van der Waals surface area (Å²) in [5.41, 5.74) is 0.724. The lowest BCUT2D eigenvalue weighted by Gasteiger charge is -2.15. The Balaban J connectivity index is 2.13. The average Bonchev–Trinajstić information content (AvgIpc) is 2.77. The average molecular weight is 208 g/mol. The van der Waals surface area contributed by atoms with Gasteiger partial charge in [-0.25, -0.2) is 4.98 Å². The Morgan fingerprint density at radius 2 is 2.64 bits per heavy atom. The third-order valence-electron chi connectivity index (χ3n) is 2.50. The highest BCUT2D eigenvalue weighted by atomic mass is 32.1. The third-order valence-corrected chi connectivity index (χ3v) is 3.46. The summed E-state index contributed by atoms with van der Waals surface area (Å²) < 4.78 is 5.28. The van der Waals surface area contributed by atoms with Crippen LogP contribution in [-0.4, -0.2) is 18.2 Å². The second kappa shape index (κ2) is 3.68. The van der Waals surface area contributed by atoms with Crippen LogP contribution in [0.25, 0.3) is 0 Å². The minimum atomic E-state index is -0.315. The molecule has 14 heavy (non-hydrogen) atoms. The molecule has 74 valence electrons. The van der Waals surface area contributed by atoms with E-state index < -0.39 is 0 Å². The largest absolute Gasteiger partial charge is 0.380 e. The monoisotopic (exact) mass is 208 g/mol. The predicted molar refractivity (Wildman–Crippen MR) is 54.0 cm³/mol. The molecule has 2 heterocycles. The van der Waals surface area contributed by atoms with Gasteiger partial charge in [-0.3, -0.25) is 0 Å². The standard InChI is InChI=1S/C10H12N2OS/c1-8-5-14-9(12-8)4-10(6-11)2-3-13-7-10/h5H,2-4,7H2,1H3. The highest BCUT2D eigenvalue weighted by Crippen LogP contribution is 2.32. The SMILES string of the molecule is Cc1csc(CC2(C#N)CCOC2)n1. The topological polar surface area (TPSA) is 45.9 Å². The molecule has 1 aliphatic rings. The first-order chi connectivity index (χ1) is 6.74. The molecule has 3 nitrogen and oxygen atoms in total. The van der Waals surface area contributed by atoms with Crippen LogP contribution in [0.5, 0.6) is 0 Å². The van der Waals surface area contributed by atoms with Crippen molar-refractivity contribution in [2.45, 2.75) is 19.8 Å². The van der Waals surface area contributed by atoms with Gasteiger partial charge in [-0.15, -0.1) is 11.3 Å². The lowest BCUT2D eigenvalue weighted by Crippen LogP contribution is -2.21. The summed E-state index contributed by atoms with van der Waals surface area (Å²) in [5, 5.41) is 12.2. The summed E-state index contributed by atoms with van der Waals surface area (Å²) in [6.45, 7) is 3.24. The van der Waals surface area contributed by atoms with Crippen LogP contribution in [-0.2, 0) is 11.2 Å². The van der Waals surface area contributed by atoms with Crippen molar-refractivity contribution >= 4 is 11.3 Å². The first kappa shape index (κ1) is 9.63. The van der Waals surface area contributed by atoms with Crippen LogP contribution >= 0.6 is 11.3 Å². The zero-order chi connectivity index (χ0) is 10.0. The van der Waals surface area contributed by atoms with E-state index in [1.165, 1.54) is 0 Å². The van der Waals surface area contributed by atoms with Gasteiger partial charge in [0.05, 0.1) is 23.1 Å². The number of hydrogen-bond acceptors (Lipinski definition) is 4. The number of nitriles is 1. The van der Waals surface area contributed by atoms with E-state index in [1.54, 1.807) is 11.3 Å². The molecule has 1 unspecified atom stereocenters. The fraction of sp³-hybridized carbons (Fsp3) is 0.600. The van der Waals surface area contributed by atoms with Crippen molar-refractivity contribution in [2.24, 2.45) is 5.41 Å². The molecule has 0 bridgehead atoms. The first-order valence-electron chi connectivity index (χ1n) is 4.64. The summed E-state index contributed by atoms with van der Waals surface area (Å²) in [4.78, 5) is 4.38. The molecule has 0 spiro atoms. The van der Waals surface area contributed by atoms with E-state index in [9.17, 15) is 0 Å². The van der Waals surface area contributed by atoms with Gasteiger partial charge in [0.25, 0.3) is 0 Å². The molecular formula is C10H12N2OS. The quantitative estimate of drug-likeness (QED) is 0.746. The maximum absolute atomic E-state index is 9.13. The number of aryl methyl sites for hydroxylation is 1. The number of aromatic nitrogens is 1. The van der Waals surface area contributed by atoms with E-state index in [2.05, 4.69) is 11.1 Å². The molecule has 1 atom stereocenters. The Kier molecular flexibility index (Phi) is 2.53. The molecule has 4 heteroatoms. The molecule has 1 aromatic rings. The number of nitrogens with zero attached hydrogens (tertiary/aromatic N) is 2. The molecule has 0 radical (unpaired) electrons. The number of ether oxygens (including phenoxy) is 1. The number of hydrogen-bond donors (Lipinski definition) is 0. The maximum Gasteiger partial charge on any atom is 0.0944 e. The van der Waals surface area contributed by atoms with Gasteiger partial charge >= 0.3 is 0 Å². The second-order valence-corrected chi connectivity index (χ2v) is 4.70. The Labute approximate surface area is 87.3 Å². The third kappa shape index (κ3) is 1.79. The smallest absolute Gasteiger partial charge is 0.0944 e. The maximum atomic E-state index is 9.13. The van der Waals surface area contributed by atoms with Crippen LogP contribution in [0.1, 0.15) is 17.1 Å². The van der Waals surface area contributed by atoms with Crippen LogP contribution in [0.4, 0.5) is 0 Å². The Bertz CT molecular complexity index is 360. The summed E-state index contributed by atoms with van der Waals surface area (Å²) in [6, 6.07) is 2.38. The molecule has 0 aliphatic carbocycles. The minimum absolute atomic E-state index is 0.315. The van der Waals surface area contributed by atoms with Crippen LogP contribution in [0.3, 0.4) is 0 Å². The van der Waals surface area contributed by atoms with Crippen molar-refractivity contribution in [3.05, 3.63) is 16.1 Å². The number of rotatable bonds is 2. The van der Waals surface area contributed by atoms with Crippen molar-refractivity contribution in [2.75, 3.05) is 13.2 Å². The molecule has 1 aliphatic heterocycles. The van der Waals surface area contributed by atoms with Crippen molar-refractivity contribution in [3.63, 3.8) is 0 Å². The molecule has 0 N–H and O–H groups in total. The Hall–Kier alpha value is -0.920. The normalized spacial score (nSPS) is 26.3. The van der Waals surface area contributed by atoms with E-state index in [1.807, 2.05) is 12.3 Å². The molecule has 1 aromatic heterocycles. The van der Waals surface area contributed by atoms with E-state index in [-0.39, 0.29) is 5.41 Å².